The SMILES string of the molecule is ONCc1cc(Br)cnc1F. The molecule has 1 heterocycles. The van der Waals surface area contributed by atoms with Gasteiger partial charge in [0.2, 0.25) is 5.95 Å². The number of halogens is 2. The van der Waals surface area contributed by atoms with Crippen molar-refractivity contribution in [1.29, 1.82) is 0 Å². The first-order chi connectivity index (χ1) is 5.24. The molecule has 1 rings (SSSR count). The lowest BCUT2D eigenvalue weighted by atomic mass is 10.3. The van der Waals surface area contributed by atoms with Crippen LogP contribution in [-0.4, -0.2) is 10.2 Å². The Kier molecular flexibility index (Phi) is 2.92. The van der Waals surface area contributed by atoms with Gasteiger partial charge in [0, 0.05) is 16.2 Å². The van der Waals surface area contributed by atoms with Gasteiger partial charge in [0.05, 0.1) is 6.54 Å². The summed E-state index contributed by atoms with van der Waals surface area (Å²) in [4.78, 5) is 3.43. The predicted molar refractivity (Wildman–Crippen MR) is 40.5 cm³/mol. The van der Waals surface area contributed by atoms with Gasteiger partial charge < -0.3 is 5.21 Å². The number of hydrogen-bond acceptors (Lipinski definition) is 3. The molecule has 0 aliphatic heterocycles. The summed E-state index contributed by atoms with van der Waals surface area (Å²) >= 11 is 3.13. The summed E-state index contributed by atoms with van der Waals surface area (Å²) in [5.41, 5.74) is 2.17. The fraction of sp³-hybridized carbons (Fsp3) is 0.167. The van der Waals surface area contributed by atoms with Crippen LogP contribution in [0, 0.1) is 5.95 Å². The van der Waals surface area contributed by atoms with Crippen molar-refractivity contribution in [2.24, 2.45) is 0 Å². The first-order valence-corrected chi connectivity index (χ1v) is 3.70. The molecule has 0 saturated heterocycles. The minimum absolute atomic E-state index is 0.0538. The molecule has 0 amide bonds. The second kappa shape index (κ2) is 3.75. The molecule has 1 aromatic rings. The maximum atomic E-state index is 12.7. The van der Waals surface area contributed by atoms with Crippen LogP contribution in [0.5, 0.6) is 0 Å². The average Bonchev–Trinajstić information content (AvgIpc) is 1.98. The van der Waals surface area contributed by atoms with Gasteiger partial charge in [0.25, 0.3) is 0 Å². The Balaban J connectivity index is 2.93. The first-order valence-electron chi connectivity index (χ1n) is 2.91. The van der Waals surface area contributed by atoms with Gasteiger partial charge in [-0.2, -0.15) is 4.39 Å². The lowest BCUT2D eigenvalue weighted by Crippen LogP contribution is -2.08. The highest BCUT2D eigenvalue weighted by Crippen LogP contribution is 2.12. The summed E-state index contributed by atoms with van der Waals surface area (Å²) in [7, 11) is 0. The summed E-state index contributed by atoms with van der Waals surface area (Å²) in [6.07, 6.45) is 1.36. The molecule has 0 saturated carbocycles. The predicted octanol–water partition coefficient (Wildman–Crippen LogP) is 1.46. The summed E-state index contributed by atoms with van der Waals surface area (Å²) < 4.78 is 13.4. The Bertz CT molecular complexity index is 256. The topological polar surface area (TPSA) is 45.1 Å². The van der Waals surface area contributed by atoms with Gasteiger partial charge in [-0.1, -0.05) is 0 Å². The van der Waals surface area contributed by atoms with Crippen LogP contribution in [0.25, 0.3) is 0 Å². The van der Waals surface area contributed by atoms with E-state index in [1.807, 2.05) is 5.48 Å². The van der Waals surface area contributed by atoms with E-state index < -0.39 is 5.95 Å². The molecular formula is C6H6BrFN2O. The summed E-state index contributed by atoms with van der Waals surface area (Å²) in [5.74, 6) is -0.574. The van der Waals surface area contributed by atoms with Crippen molar-refractivity contribution in [1.82, 2.24) is 10.5 Å². The Hall–Kier alpha value is -0.520. The summed E-state index contributed by atoms with van der Waals surface area (Å²) in [5, 5.41) is 8.28. The molecular weight excluding hydrogens is 215 g/mol. The highest BCUT2D eigenvalue weighted by atomic mass is 79.9. The number of hydroxylamine groups is 1. The smallest absolute Gasteiger partial charge is 0.217 e. The molecule has 3 nitrogen and oxygen atoms in total. The monoisotopic (exact) mass is 220 g/mol. The minimum Gasteiger partial charge on any atom is -0.316 e. The van der Waals surface area contributed by atoms with Gasteiger partial charge in [-0.05, 0) is 22.0 Å². The molecule has 0 spiro atoms. The minimum atomic E-state index is -0.574. The van der Waals surface area contributed by atoms with E-state index in [4.69, 9.17) is 5.21 Å². The third-order valence-corrected chi connectivity index (χ3v) is 1.58. The first kappa shape index (κ1) is 8.58. The van der Waals surface area contributed by atoms with Crippen LogP contribution in [0.15, 0.2) is 16.7 Å². The lowest BCUT2D eigenvalue weighted by Gasteiger charge is -1.99. The Morgan fingerprint density at radius 3 is 3.09 bits per heavy atom. The highest BCUT2D eigenvalue weighted by Gasteiger charge is 2.02. The molecule has 5 heteroatoms. The van der Waals surface area contributed by atoms with Crippen LogP contribution in [-0.2, 0) is 6.54 Å². The molecule has 0 aliphatic rings. The largest absolute Gasteiger partial charge is 0.316 e. The van der Waals surface area contributed by atoms with Crippen LogP contribution >= 0.6 is 15.9 Å². The second-order valence-electron chi connectivity index (χ2n) is 1.94. The highest BCUT2D eigenvalue weighted by molar-refractivity contribution is 9.10. The third-order valence-electron chi connectivity index (χ3n) is 1.15. The number of nitrogens with zero attached hydrogens (tertiary/aromatic N) is 1. The molecule has 0 radical (unpaired) electrons. The number of rotatable bonds is 2. The molecule has 0 bridgehead atoms. The van der Waals surface area contributed by atoms with Crippen molar-refractivity contribution in [2.45, 2.75) is 6.54 Å². The molecule has 0 fully saturated rings. The lowest BCUT2D eigenvalue weighted by molar-refractivity contribution is 0.159. The van der Waals surface area contributed by atoms with Crippen molar-refractivity contribution in [3.63, 3.8) is 0 Å². The van der Waals surface area contributed by atoms with Crippen molar-refractivity contribution in [2.75, 3.05) is 0 Å². The standard InChI is InChI=1S/C6H6BrFN2O/c7-5-1-4(2-10-11)6(8)9-3-5/h1,3,10-11H,2H2. The van der Waals surface area contributed by atoms with Crippen LogP contribution in [0.3, 0.4) is 0 Å². The molecule has 0 aliphatic carbocycles. The van der Waals surface area contributed by atoms with E-state index in [1.165, 1.54) is 6.20 Å². The molecule has 0 unspecified atom stereocenters. The molecule has 60 valence electrons. The van der Waals surface area contributed by atoms with Crippen molar-refractivity contribution in [3.05, 3.63) is 28.2 Å². The Labute approximate surface area is 71.3 Å². The molecule has 0 atom stereocenters. The van der Waals surface area contributed by atoms with Gasteiger partial charge in [-0.3, -0.25) is 0 Å². The van der Waals surface area contributed by atoms with E-state index in [1.54, 1.807) is 6.07 Å². The average molecular weight is 221 g/mol. The maximum absolute atomic E-state index is 12.7. The number of hydrogen-bond donors (Lipinski definition) is 2. The zero-order chi connectivity index (χ0) is 8.27. The Morgan fingerprint density at radius 2 is 2.45 bits per heavy atom. The van der Waals surface area contributed by atoms with E-state index in [0.717, 1.165) is 0 Å². The van der Waals surface area contributed by atoms with Gasteiger partial charge in [0.15, 0.2) is 0 Å². The van der Waals surface area contributed by atoms with E-state index in [0.29, 0.717) is 10.0 Å². The van der Waals surface area contributed by atoms with Crippen molar-refractivity contribution >= 4 is 15.9 Å². The van der Waals surface area contributed by atoms with Gasteiger partial charge in [0.1, 0.15) is 0 Å². The molecule has 11 heavy (non-hydrogen) atoms. The number of nitrogens with one attached hydrogen (secondary N) is 1. The van der Waals surface area contributed by atoms with E-state index in [-0.39, 0.29) is 6.54 Å². The molecule has 2 N–H and O–H groups in total. The van der Waals surface area contributed by atoms with Crippen molar-refractivity contribution < 1.29 is 9.60 Å². The maximum Gasteiger partial charge on any atom is 0.217 e. The van der Waals surface area contributed by atoms with Crippen LogP contribution in [0.2, 0.25) is 0 Å². The molecule has 0 aromatic carbocycles. The van der Waals surface area contributed by atoms with Crippen molar-refractivity contribution in [3.8, 4) is 0 Å². The fourth-order valence-corrected chi connectivity index (χ4v) is 1.05. The third kappa shape index (κ3) is 2.21. The van der Waals surface area contributed by atoms with Crippen LogP contribution < -0.4 is 5.48 Å². The molecule has 1 aromatic heterocycles. The van der Waals surface area contributed by atoms with Crippen LogP contribution in [0.1, 0.15) is 5.56 Å². The number of pyridine rings is 1. The summed E-state index contributed by atoms with van der Waals surface area (Å²) in [6.45, 7) is 0.0538. The number of aromatic nitrogens is 1. The fourth-order valence-electron chi connectivity index (χ4n) is 0.674. The Morgan fingerprint density at radius 1 is 1.73 bits per heavy atom. The van der Waals surface area contributed by atoms with E-state index in [9.17, 15) is 4.39 Å². The van der Waals surface area contributed by atoms with E-state index in [2.05, 4.69) is 20.9 Å². The van der Waals surface area contributed by atoms with Gasteiger partial charge >= 0.3 is 0 Å². The second-order valence-corrected chi connectivity index (χ2v) is 2.85. The summed E-state index contributed by atoms with van der Waals surface area (Å²) in [6, 6.07) is 1.55. The zero-order valence-corrected chi connectivity index (χ0v) is 7.10. The quantitative estimate of drug-likeness (QED) is 0.587. The van der Waals surface area contributed by atoms with Gasteiger partial charge in [-0.15, -0.1) is 0 Å². The normalized spacial score (nSPS) is 10.1. The van der Waals surface area contributed by atoms with Gasteiger partial charge in [-0.25, -0.2) is 10.5 Å². The van der Waals surface area contributed by atoms with Crippen LogP contribution in [0.4, 0.5) is 4.39 Å². The van der Waals surface area contributed by atoms with E-state index >= 15 is 0 Å². The zero-order valence-electron chi connectivity index (χ0n) is 5.51.